The molecule has 14 heavy (non-hydrogen) atoms. The Balaban J connectivity index is 0. The number of carboxylic acids is 1. The molecule has 83 valence electrons. The van der Waals surface area contributed by atoms with Crippen molar-refractivity contribution in [2.75, 3.05) is 6.61 Å². The molecule has 0 aromatic carbocycles. The summed E-state index contributed by atoms with van der Waals surface area (Å²) < 4.78 is 0. The van der Waals surface area contributed by atoms with Gasteiger partial charge in [0.15, 0.2) is 0 Å². The van der Waals surface area contributed by atoms with Crippen molar-refractivity contribution >= 4 is 5.97 Å². The van der Waals surface area contributed by atoms with Gasteiger partial charge in [-0.1, -0.05) is 0 Å². The molecule has 5 N–H and O–H groups in total. The van der Waals surface area contributed by atoms with Crippen LogP contribution in [0.25, 0.3) is 0 Å². The molecule has 0 amide bonds. The zero-order valence-electron chi connectivity index (χ0n) is 6.95. The zero-order valence-corrected chi connectivity index (χ0v) is 8.13. The minimum Gasteiger partial charge on any atom is -0.547 e. The largest absolute Gasteiger partial charge is 2.00 e. The van der Waals surface area contributed by atoms with Gasteiger partial charge in [-0.05, 0) is 0 Å². The summed E-state index contributed by atoms with van der Waals surface area (Å²) in [5, 5.41) is 53.4. The first-order valence-corrected chi connectivity index (χ1v) is 3.45. The van der Waals surface area contributed by atoms with Crippen molar-refractivity contribution in [3.05, 3.63) is 0 Å². The van der Waals surface area contributed by atoms with Gasteiger partial charge in [-0.3, -0.25) is 0 Å². The fourth-order valence-corrected chi connectivity index (χ4v) is 0.662. The van der Waals surface area contributed by atoms with Crippen LogP contribution in [0.2, 0.25) is 0 Å². The Morgan fingerprint density at radius 3 is 1.86 bits per heavy atom. The molecule has 0 spiro atoms. The summed E-state index contributed by atoms with van der Waals surface area (Å²) in [6, 6.07) is 0. The van der Waals surface area contributed by atoms with E-state index in [2.05, 4.69) is 0 Å². The zero-order chi connectivity index (χ0) is 10.6. The molecule has 0 saturated heterocycles. The van der Waals surface area contributed by atoms with Gasteiger partial charge in [0, 0.05) is 0 Å². The quantitative estimate of drug-likeness (QED) is 0.308. The first kappa shape index (κ1) is 16.2. The first-order valence-electron chi connectivity index (χ1n) is 3.45. The number of aliphatic hydroxyl groups is 5. The number of aliphatic hydroxyl groups excluding tert-OH is 5. The molecule has 0 rings (SSSR count). The minimum atomic E-state index is -2.31. The third kappa shape index (κ3) is 4.34. The van der Waals surface area contributed by atoms with E-state index in [1.165, 1.54) is 0 Å². The number of rotatable bonds is 5. The maximum atomic E-state index is 9.98. The average molecular weight is 250 g/mol. The number of hydrogen-bond acceptors (Lipinski definition) is 7. The predicted octanol–water partition coefficient (Wildman–Crippen LogP) is -4.83. The van der Waals surface area contributed by atoms with Crippen LogP contribution in [0.1, 0.15) is 0 Å². The molecule has 1 radical (unpaired) electrons. The van der Waals surface area contributed by atoms with Crippen LogP contribution in [-0.2, 0) is 21.9 Å². The number of hydrogen-bond donors (Lipinski definition) is 5. The Kier molecular flexibility index (Phi) is 8.27. The van der Waals surface area contributed by atoms with Gasteiger partial charge >= 0.3 is 17.1 Å². The van der Waals surface area contributed by atoms with Crippen molar-refractivity contribution in [1.82, 2.24) is 0 Å². The maximum Gasteiger partial charge on any atom is 2.00 e. The molecule has 0 bridgehead atoms. The Labute approximate surface area is 90.1 Å². The van der Waals surface area contributed by atoms with Crippen LogP contribution in [0.15, 0.2) is 0 Å². The number of carbonyl (C=O) groups is 1. The Bertz CT molecular complexity index is 176. The first-order chi connectivity index (χ1) is 5.91. The van der Waals surface area contributed by atoms with E-state index in [0.29, 0.717) is 0 Å². The van der Waals surface area contributed by atoms with Gasteiger partial charge < -0.3 is 35.4 Å². The van der Waals surface area contributed by atoms with Gasteiger partial charge in [-0.25, -0.2) is 0 Å². The van der Waals surface area contributed by atoms with Crippen LogP contribution < -0.4 is 5.11 Å². The predicted molar refractivity (Wildman–Crippen MR) is 36.1 cm³/mol. The molecule has 0 aromatic rings. The van der Waals surface area contributed by atoms with E-state index in [1.807, 2.05) is 0 Å². The van der Waals surface area contributed by atoms with Crippen LogP contribution in [-0.4, -0.2) is 62.5 Å². The third-order valence-corrected chi connectivity index (χ3v) is 1.50. The van der Waals surface area contributed by atoms with Crippen molar-refractivity contribution in [2.24, 2.45) is 0 Å². The normalized spacial score (nSPS) is 18.9. The molecule has 0 heterocycles. The Morgan fingerprint density at radius 2 is 1.57 bits per heavy atom. The summed E-state index contributed by atoms with van der Waals surface area (Å²) in [6.07, 6.45) is -8.08. The van der Waals surface area contributed by atoms with Gasteiger partial charge in [-0.2, -0.15) is 0 Å². The topological polar surface area (TPSA) is 141 Å². The molecule has 0 aromatic heterocycles. The summed E-state index contributed by atoms with van der Waals surface area (Å²) in [4.78, 5) is 9.98. The molecular weight excluding hydrogens is 239 g/mol. The van der Waals surface area contributed by atoms with E-state index in [9.17, 15) is 9.90 Å². The van der Waals surface area contributed by atoms with Gasteiger partial charge in [0.25, 0.3) is 0 Å². The number of aliphatic carboxylic acids is 1. The summed E-state index contributed by atoms with van der Waals surface area (Å²) in [5.74, 6) is -1.98. The molecule has 0 aliphatic rings. The van der Waals surface area contributed by atoms with Crippen LogP contribution in [0.4, 0.5) is 0 Å². The molecule has 7 nitrogen and oxygen atoms in total. The van der Waals surface area contributed by atoms with Gasteiger partial charge in [0.1, 0.15) is 24.4 Å². The minimum absolute atomic E-state index is 0. The molecule has 0 aliphatic heterocycles. The van der Waals surface area contributed by atoms with E-state index in [0.717, 1.165) is 0 Å². The second kappa shape index (κ2) is 7.13. The fourth-order valence-electron chi connectivity index (χ4n) is 0.662. The van der Waals surface area contributed by atoms with Crippen LogP contribution >= 0.6 is 0 Å². The number of carbonyl (C=O) groups excluding carboxylic acids is 1. The van der Waals surface area contributed by atoms with E-state index in [4.69, 9.17) is 25.5 Å². The van der Waals surface area contributed by atoms with Gasteiger partial charge in [0.05, 0.1) is 12.6 Å². The van der Waals surface area contributed by atoms with Crippen LogP contribution in [0.5, 0.6) is 0 Å². The average Bonchev–Trinajstić information content (AvgIpc) is 2.12. The summed E-state index contributed by atoms with van der Waals surface area (Å²) >= 11 is 0. The SMILES string of the molecule is O=C([O-])[C@H](O)[C@@H](O)[C@H](O)[C@H](O)CO.[Mn+2]. The molecule has 0 unspecified atom stereocenters. The monoisotopic (exact) mass is 250 g/mol. The molecule has 4 atom stereocenters. The summed E-state index contributed by atoms with van der Waals surface area (Å²) in [5.41, 5.74) is 0. The Morgan fingerprint density at radius 1 is 1.14 bits per heavy atom. The fraction of sp³-hybridized carbons (Fsp3) is 0.833. The maximum absolute atomic E-state index is 9.98. The third-order valence-electron chi connectivity index (χ3n) is 1.50. The van der Waals surface area contributed by atoms with Crippen molar-refractivity contribution in [2.45, 2.75) is 24.4 Å². The van der Waals surface area contributed by atoms with E-state index >= 15 is 0 Å². The molecule has 0 fully saturated rings. The molecular formula is C6H11MnO7+. The van der Waals surface area contributed by atoms with E-state index in [1.54, 1.807) is 0 Å². The smallest absolute Gasteiger partial charge is 0.547 e. The van der Waals surface area contributed by atoms with Crippen molar-refractivity contribution < 1.29 is 52.5 Å². The van der Waals surface area contributed by atoms with Crippen molar-refractivity contribution in [3.8, 4) is 0 Å². The molecule has 0 aliphatic carbocycles. The Hall–Kier alpha value is -0.211. The molecule has 0 saturated carbocycles. The van der Waals surface area contributed by atoms with Crippen molar-refractivity contribution in [1.29, 1.82) is 0 Å². The van der Waals surface area contributed by atoms with E-state index < -0.39 is 37.0 Å². The van der Waals surface area contributed by atoms with Gasteiger partial charge in [0.2, 0.25) is 0 Å². The van der Waals surface area contributed by atoms with Gasteiger partial charge in [-0.15, -0.1) is 0 Å². The van der Waals surface area contributed by atoms with Crippen LogP contribution in [0.3, 0.4) is 0 Å². The summed E-state index contributed by atoms with van der Waals surface area (Å²) in [7, 11) is 0. The number of carboxylic acid groups (broad SMARTS) is 1. The molecule has 8 heteroatoms. The standard InChI is InChI=1S/C6H12O7.Mn/c7-1-2(8)3(9)4(10)5(11)6(12)13;/h2-5,7-11H,1H2,(H,12,13);/q;+2/p-1/t2-,3-,4+,5-;/m1./s1. The second-order valence-corrected chi connectivity index (χ2v) is 2.49. The van der Waals surface area contributed by atoms with Crippen molar-refractivity contribution in [3.63, 3.8) is 0 Å². The summed E-state index contributed by atoms with van der Waals surface area (Å²) in [6.45, 7) is -0.863. The second-order valence-electron chi connectivity index (χ2n) is 2.49. The van der Waals surface area contributed by atoms with E-state index in [-0.39, 0.29) is 17.1 Å². The van der Waals surface area contributed by atoms with Crippen LogP contribution in [0, 0.1) is 0 Å².